The Bertz CT molecular complexity index is 1030. The van der Waals surface area contributed by atoms with Crippen LogP contribution in [0.5, 0.6) is 0 Å². The number of hydrogen-bond donors (Lipinski definition) is 1. The number of fused-ring (bicyclic) bond motifs is 3. The largest absolute Gasteiger partial charge is 0.348 e. The molecule has 4 rings (SSSR count). The molecule has 0 atom stereocenters. The van der Waals surface area contributed by atoms with Crippen molar-refractivity contribution in [1.29, 1.82) is 0 Å². The zero-order valence-corrected chi connectivity index (χ0v) is 13.1. The van der Waals surface area contributed by atoms with Crippen LogP contribution in [-0.2, 0) is 6.54 Å². The molecule has 0 aliphatic heterocycles. The molecule has 3 nitrogen and oxygen atoms in total. The van der Waals surface area contributed by atoms with Crippen LogP contribution in [-0.4, -0.2) is 10.9 Å². The number of carbonyl (C=O) groups is 1. The Morgan fingerprint density at radius 3 is 2.46 bits per heavy atom. The lowest BCUT2D eigenvalue weighted by Gasteiger charge is -2.08. The van der Waals surface area contributed by atoms with Gasteiger partial charge < -0.3 is 5.32 Å². The SMILES string of the molecule is O=C(NCc1ccncc1)c1ccc2c(ccc3ccccc32)c1. The van der Waals surface area contributed by atoms with E-state index in [-0.39, 0.29) is 5.91 Å². The van der Waals surface area contributed by atoms with E-state index >= 15 is 0 Å². The first kappa shape index (κ1) is 14.4. The number of rotatable bonds is 3. The van der Waals surface area contributed by atoms with E-state index in [1.165, 1.54) is 16.2 Å². The van der Waals surface area contributed by atoms with Gasteiger partial charge in [0.15, 0.2) is 0 Å². The number of nitrogens with zero attached hydrogens (tertiary/aromatic N) is 1. The first-order valence-electron chi connectivity index (χ1n) is 7.90. The Morgan fingerprint density at radius 1 is 0.833 bits per heavy atom. The lowest BCUT2D eigenvalue weighted by Crippen LogP contribution is -2.22. The molecule has 0 spiro atoms. The number of nitrogens with one attached hydrogen (secondary N) is 1. The summed E-state index contributed by atoms with van der Waals surface area (Å²) in [7, 11) is 0. The van der Waals surface area contributed by atoms with Crippen LogP contribution in [0.1, 0.15) is 15.9 Å². The van der Waals surface area contributed by atoms with Crippen molar-refractivity contribution in [3.8, 4) is 0 Å². The number of hydrogen-bond acceptors (Lipinski definition) is 2. The maximum atomic E-state index is 12.4. The van der Waals surface area contributed by atoms with Crippen molar-refractivity contribution in [2.45, 2.75) is 6.54 Å². The standard InChI is InChI=1S/C21H16N2O/c24-21(23-14-15-9-11-22-12-10-15)18-7-8-20-17(13-18)6-5-16-3-1-2-4-19(16)20/h1-13H,14H2,(H,23,24). The quantitative estimate of drug-likeness (QED) is 0.572. The minimum absolute atomic E-state index is 0.0677. The van der Waals surface area contributed by atoms with Crippen LogP contribution in [0.4, 0.5) is 0 Å². The monoisotopic (exact) mass is 312 g/mol. The van der Waals surface area contributed by atoms with Crippen molar-refractivity contribution < 1.29 is 4.79 Å². The topological polar surface area (TPSA) is 42.0 Å². The molecule has 0 bridgehead atoms. The predicted octanol–water partition coefficient (Wildman–Crippen LogP) is 4.32. The van der Waals surface area contributed by atoms with Gasteiger partial charge in [0, 0.05) is 24.5 Å². The molecule has 0 aliphatic carbocycles. The Kier molecular flexibility index (Phi) is 3.67. The van der Waals surface area contributed by atoms with Crippen molar-refractivity contribution in [3.63, 3.8) is 0 Å². The minimum Gasteiger partial charge on any atom is -0.348 e. The van der Waals surface area contributed by atoms with E-state index in [4.69, 9.17) is 0 Å². The summed E-state index contributed by atoms with van der Waals surface area (Å²) in [6, 6.07) is 22.1. The van der Waals surface area contributed by atoms with Gasteiger partial charge in [-0.05, 0) is 51.4 Å². The molecule has 0 aliphatic rings. The number of pyridine rings is 1. The normalized spacial score (nSPS) is 10.8. The van der Waals surface area contributed by atoms with E-state index in [1.54, 1.807) is 12.4 Å². The maximum Gasteiger partial charge on any atom is 0.251 e. The van der Waals surface area contributed by atoms with E-state index in [0.717, 1.165) is 10.9 Å². The van der Waals surface area contributed by atoms with Gasteiger partial charge in [0.2, 0.25) is 0 Å². The fourth-order valence-corrected chi connectivity index (χ4v) is 2.94. The molecule has 116 valence electrons. The molecule has 4 aromatic rings. The molecule has 0 saturated heterocycles. The summed E-state index contributed by atoms with van der Waals surface area (Å²) >= 11 is 0. The van der Waals surface area contributed by atoms with Crippen molar-refractivity contribution in [3.05, 3.63) is 90.3 Å². The molecule has 1 N–H and O–H groups in total. The summed E-state index contributed by atoms with van der Waals surface area (Å²) in [4.78, 5) is 16.4. The lowest BCUT2D eigenvalue weighted by molar-refractivity contribution is 0.0951. The second-order valence-electron chi connectivity index (χ2n) is 5.76. The first-order chi connectivity index (χ1) is 11.8. The second kappa shape index (κ2) is 6.13. The summed E-state index contributed by atoms with van der Waals surface area (Å²) in [6.45, 7) is 0.497. The van der Waals surface area contributed by atoms with E-state index < -0.39 is 0 Å². The summed E-state index contributed by atoms with van der Waals surface area (Å²) in [5.41, 5.74) is 1.71. The molecule has 1 heterocycles. The van der Waals surface area contributed by atoms with Gasteiger partial charge in [-0.15, -0.1) is 0 Å². The third kappa shape index (κ3) is 2.72. The third-order valence-electron chi connectivity index (χ3n) is 4.21. The molecule has 1 amide bonds. The number of aromatic nitrogens is 1. The molecule has 3 aromatic carbocycles. The molecule has 0 radical (unpaired) electrons. The van der Waals surface area contributed by atoms with Crippen molar-refractivity contribution in [1.82, 2.24) is 10.3 Å². The maximum absolute atomic E-state index is 12.4. The van der Waals surface area contributed by atoms with Crippen LogP contribution < -0.4 is 5.32 Å². The van der Waals surface area contributed by atoms with Gasteiger partial charge in [0.05, 0.1) is 0 Å². The van der Waals surface area contributed by atoms with E-state index in [2.05, 4.69) is 34.6 Å². The minimum atomic E-state index is -0.0677. The van der Waals surface area contributed by atoms with Gasteiger partial charge in [-0.3, -0.25) is 9.78 Å². The van der Waals surface area contributed by atoms with Gasteiger partial charge in [-0.1, -0.05) is 42.5 Å². The smallest absolute Gasteiger partial charge is 0.251 e. The van der Waals surface area contributed by atoms with Crippen molar-refractivity contribution >= 4 is 27.5 Å². The summed E-state index contributed by atoms with van der Waals surface area (Å²) < 4.78 is 0. The highest BCUT2D eigenvalue weighted by atomic mass is 16.1. The molecule has 0 saturated carbocycles. The van der Waals surface area contributed by atoms with E-state index in [9.17, 15) is 4.79 Å². The van der Waals surface area contributed by atoms with Gasteiger partial charge in [0.1, 0.15) is 0 Å². The predicted molar refractivity (Wildman–Crippen MR) is 96.9 cm³/mol. The van der Waals surface area contributed by atoms with Crippen molar-refractivity contribution in [2.24, 2.45) is 0 Å². The average molecular weight is 312 g/mol. The van der Waals surface area contributed by atoms with Crippen LogP contribution in [0.25, 0.3) is 21.5 Å². The molecule has 24 heavy (non-hydrogen) atoms. The van der Waals surface area contributed by atoms with Gasteiger partial charge in [-0.25, -0.2) is 0 Å². The highest BCUT2D eigenvalue weighted by Gasteiger charge is 2.07. The molecule has 1 aromatic heterocycles. The fourth-order valence-electron chi connectivity index (χ4n) is 2.94. The zero-order valence-electron chi connectivity index (χ0n) is 13.1. The Morgan fingerprint density at radius 2 is 1.58 bits per heavy atom. The molecule has 3 heteroatoms. The highest BCUT2D eigenvalue weighted by Crippen LogP contribution is 2.26. The Labute approximate surface area is 140 Å². The number of amides is 1. The van der Waals surface area contributed by atoms with E-state index in [1.807, 2.05) is 42.5 Å². The fraction of sp³-hybridized carbons (Fsp3) is 0.0476. The average Bonchev–Trinajstić information content (AvgIpc) is 2.66. The zero-order chi connectivity index (χ0) is 16.4. The lowest BCUT2D eigenvalue weighted by atomic mass is 10.00. The van der Waals surface area contributed by atoms with Crippen molar-refractivity contribution in [2.75, 3.05) is 0 Å². The van der Waals surface area contributed by atoms with E-state index in [0.29, 0.717) is 12.1 Å². The third-order valence-corrected chi connectivity index (χ3v) is 4.21. The van der Waals surface area contributed by atoms with Gasteiger partial charge in [0.25, 0.3) is 5.91 Å². The van der Waals surface area contributed by atoms with Crippen LogP contribution in [0, 0.1) is 0 Å². The highest BCUT2D eigenvalue weighted by molar-refractivity contribution is 6.09. The summed E-state index contributed by atoms with van der Waals surface area (Å²) in [5.74, 6) is -0.0677. The molecular formula is C21H16N2O. The Hall–Kier alpha value is -3.20. The summed E-state index contributed by atoms with van der Waals surface area (Å²) in [5, 5.41) is 7.61. The second-order valence-corrected chi connectivity index (χ2v) is 5.76. The number of carbonyl (C=O) groups excluding carboxylic acids is 1. The summed E-state index contributed by atoms with van der Waals surface area (Å²) in [6.07, 6.45) is 3.45. The first-order valence-corrected chi connectivity index (χ1v) is 7.90. The molecule has 0 unspecified atom stereocenters. The molecule has 0 fully saturated rings. The molecular weight excluding hydrogens is 296 g/mol. The Balaban J connectivity index is 1.62. The van der Waals surface area contributed by atoms with Crippen LogP contribution in [0.3, 0.4) is 0 Å². The van der Waals surface area contributed by atoms with Crippen LogP contribution in [0.2, 0.25) is 0 Å². The van der Waals surface area contributed by atoms with Gasteiger partial charge >= 0.3 is 0 Å². The number of benzene rings is 3. The van der Waals surface area contributed by atoms with Crippen LogP contribution in [0.15, 0.2) is 79.1 Å². The van der Waals surface area contributed by atoms with Gasteiger partial charge in [-0.2, -0.15) is 0 Å². The van der Waals surface area contributed by atoms with Crippen LogP contribution >= 0.6 is 0 Å².